The SMILES string of the molecule is COc1ccc(/C=C2\CCC[C@@H]3C2=NN(C(=O)CN2CCN(C(C)=O)CC2)[C@@H]3c2ccc(OC)cc2)cc1. The monoisotopic (exact) mass is 516 g/mol. The highest BCUT2D eigenvalue weighted by atomic mass is 16.5. The maximum absolute atomic E-state index is 13.8. The third-order valence-electron chi connectivity index (χ3n) is 7.85. The van der Waals surface area contributed by atoms with E-state index in [1.54, 1.807) is 26.2 Å². The normalized spacial score (nSPS) is 22.7. The number of hydrogen-bond donors (Lipinski definition) is 0. The first-order chi connectivity index (χ1) is 18.5. The summed E-state index contributed by atoms with van der Waals surface area (Å²) in [6, 6.07) is 15.9. The van der Waals surface area contributed by atoms with Gasteiger partial charge in [-0.2, -0.15) is 5.10 Å². The van der Waals surface area contributed by atoms with E-state index in [0.29, 0.717) is 32.7 Å². The smallest absolute Gasteiger partial charge is 0.257 e. The molecule has 5 rings (SSSR count). The molecular formula is C30H36N4O4. The van der Waals surface area contributed by atoms with Crippen molar-refractivity contribution in [1.29, 1.82) is 0 Å². The third-order valence-corrected chi connectivity index (χ3v) is 7.85. The number of nitrogens with zero attached hydrogens (tertiary/aromatic N) is 4. The van der Waals surface area contributed by atoms with Gasteiger partial charge in [-0.25, -0.2) is 5.01 Å². The predicted octanol–water partition coefficient (Wildman–Crippen LogP) is 3.99. The number of carbonyl (C=O) groups excluding carboxylic acids is 2. The molecule has 2 fully saturated rings. The molecule has 2 atom stereocenters. The Balaban J connectivity index is 1.42. The van der Waals surface area contributed by atoms with Gasteiger partial charge in [0.25, 0.3) is 5.91 Å². The molecule has 2 aliphatic heterocycles. The summed E-state index contributed by atoms with van der Waals surface area (Å²) < 4.78 is 10.7. The van der Waals surface area contributed by atoms with Crippen LogP contribution in [0.4, 0.5) is 0 Å². The van der Waals surface area contributed by atoms with E-state index in [9.17, 15) is 9.59 Å². The highest BCUT2D eigenvalue weighted by Gasteiger charge is 2.44. The standard InChI is InChI=1S/C30H36N4O4/c1-21(35)33-17-15-32(16-18-33)20-28(36)34-30(23-9-13-26(38-3)14-10-23)27-6-4-5-24(29(27)31-34)19-22-7-11-25(37-2)12-8-22/h7-14,19,27,30H,4-6,15-18,20H2,1-3H3/b24-19+/t27-,30-/m1/s1. The highest BCUT2D eigenvalue weighted by molar-refractivity contribution is 6.08. The molecule has 2 amide bonds. The van der Waals surface area contributed by atoms with Crippen molar-refractivity contribution >= 4 is 23.6 Å². The molecule has 2 aromatic carbocycles. The number of benzene rings is 2. The molecule has 38 heavy (non-hydrogen) atoms. The van der Waals surface area contributed by atoms with Crippen LogP contribution in [0.1, 0.15) is 43.4 Å². The van der Waals surface area contributed by atoms with E-state index in [1.165, 1.54) is 5.57 Å². The fraction of sp³-hybridized carbons (Fsp3) is 0.433. The van der Waals surface area contributed by atoms with Crippen LogP contribution in [-0.2, 0) is 9.59 Å². The summed E-state index contributed by atoms with van der Waals surface area (Å²) in [7, 11) is 3.32. The van der Waals surface area contributed by atoms with Crippen LogP contribution >= 0.6 is 0 Å². The molecule has 0 bridgehead atoms. The number of amides is 2. The summed E-state index contributed by atoms with van der Waals surface area (Å²) in [6.45, 7) is 4.57. The second kappa shape index (κ2) is 11.4. The lowest BCUT2D eigenvalue weighted by molar-refractivity contribution is -0.136. The van der Waals surface area contributed by atoms with Crippen molar-refractivity contribution in [3.05, 3.63) is 65.2 Å². The van der Waals surface area contributed by atoms with Gasteiger partial charge in [-0.1, -0.05) is 24.3 Å². The van der Waals surface area contributed by atoms with Crippen LogP contribution < -0.4 is 9.47 Å². The Morgan fingerprint density at radius 1 is 0.947 bits per heavy atom. The Morgan fingerprint density at radius 3 is 2.18 bits per heavy atom. The van der Waals surface area contributed by atoms with Gasteiger partial charge in [0.05, 0.1) is 32.5 Å². The Kier molecular flexibility index (Phi) is 7.79. The Bertz CT molecular complexity index is 1210. The second-order valence-electron chi connectivity index (χ2n) is 10.2. The summed E-state index contributed by atoms with van der Waals surface area (Å²) in [5.41, 5.74) is 4.37. The minimum absolute atomic E-state index is 0.00668. The summed E-state index contributed by atoms with van der Waals surface area (Å²) in [6.07, 6.45) is 5.17. The third kappa shape index (κ3) is 5.45. The molecule has 0 radical (unpaired) electrons. The van der Waals surface area contributed by atoms with Crippen LogP contribution in [0.5, 0.6) is 11.5 Å². The van der Waals surface area contributed by atoms with Gasteiger partial charge in [0, 0.05) is 39.0 Å². The minimum atomic E-state index is -0.151. The molecule has 0 N–H and O–H groups in total. The molecule has 3 aliphatic rings. The summed E-state index contributed by atoms with van der Waals surface area (Å²) in [5, 5.41) is 6.74. The number of ether oxygens (including phenoxy) is 2. The molecule has 1 saturated heterocycles. The molecule has 200 valence electrons. The van der Waals surface area contributed by atoms with E-state index in [1.807, 2.05) is 29.2 Å². The molecule has 1 aliphatic carbocycles. The van der Waals surface area contributed by atoms with Crippen molar-refractivity contribution in [2.75, 3.05) is 46.9 Å². The first-order valence-electron chi connectivity index (χ1n) is 13.3. The first-order valence-corrected chi connectivity index (χ1v) is 13.3. The van der Waals surface area contributed by atoms with Crippen LogP contribution in [0, 0.1) is 5.92 Å². The zero-order valence-corrected chi connectivity index (χ0v) is 22.4. The number of piperazine rings is 1. The van der Waals surface area contributed by atoms with Crippen molar-refractivity contribution in [2.45, 2.75) is 32.2 Å². The molecule has 0 spiro atoms. The molecule has 2 aromatic rings. The predicted molar refractivity (Wildman–Crippen MR) is 147 cm³/mol. The van der Waals surface area contributed by atoms with Gasteiger partial charge in [-0.05, 0) is 66.3 Å². The number of allylic oxidation sites excluding steroid dienone is 1. The van der Waals surface area contributed by atoms with Crippen molar-refractivity contribution < 1.29 is 19.1 Å². The molecule has 8 heteroatoms. The van der Waals surface area contributed by atoms with Crippen LogP contribution in [0.2, 0.25) is 0 Å². The molecule has 0 unspecified atom stereocenters. The minimum Gasteiger partial charge on any atom is -0.497 e. The van der Waals surface area contributed by atoms with Gasteiger partial charge in [0.2, 0.25) is 5.91 Å². The second-order valence-corrected chi connectivity index (χ2v) is 10.2. The van der Waals surface area contributed by atoms with E-state index in [4.69, 9.17) is 14.6 Å². The number of fused-ring (bicyclic) bond motifs is 1. The largest absolute Gasteiger partial charge is 0.497 e. The van der Waals surface area contributed by atoms with E-state index in [0.717, 1.165) is 47.6 Å². The average molecular weight is 517 g/mol. The zero-order valence-electron chi connectivity index (χ0n) is 22.4. The maximum atomic E-state index is 13.8. The van der Waals surface area contributed by atoms with Crippen molar-refractivity contribution in [1.82, 2.24) is 14.8 Å². The van der Waals surface area contributed by atoms with Gasteiger partial charge in [0.15, 0.2) is 0 Å². The number of methoxy groups -OCH3 is 2. The van der Waals surface area contributed by atoms with Gasteiger partial charge in [0.1, 0.15) is 11.5 Å². The van der Waals surface area contributed by atoms with Gasteiger partial charge < -0.3 is 14.4 Å². The van der Waals surface area contributed by atoms with Crippen molar-refractivity contribution in [3.8, 4) is 11.5 Å². The van der Waals surface area contributed by atoms with E-state index >= 15 is 0 Å². The molecule has 8 nitrogen and oxygen atoms in total. The van der Waals surface area contributed by atoms with E-state index in [2.05, 4.69) is 35.2 Å². The van der Waals surface area contributed by atoms with Crippen molar-refractivity contribution in [2.24, 2.45) is 11.0 Å². The van der Waals surface area contributed by atoms with Crippen LogP contribution in [0.15, 0.2) is 59.2 Å². The lowest BCUT2D eigenvalue weighted by atomic mass is 9.77. The molecular weight excluding hydrogens is 480 g/mol. The number of hydrogen-bond acceptors (Lipinski definition) is 6. The zero-order chi connectivity index (χ0) is 26.6. The first kappa shape index (κ1) is 26.0. The quantitative estimate of drug-likeness (QED) is 0.581. The molecule has 2 heterocycles. The molecule has 1 saturated carbocycles. The molecule has 0 aromatic heterocycles. The number of carbonyl (C=O) groups is 2. The van der Waals surface area contributed by atoms with E-state index < -0.39 is 0 Å². The Hall–Kier alpha value is -3.65. The topological polar surface area (TPSA) is 74.7 Å². The number of hydrazone groups is 1. The van der Waals surface area contributed by atoms with Gasteiger partial charge in [-0.15, -0.1) is 0 Å². The van der Waals surface area contributed by atoms with E-state index in [-0.39, 0.29) is 23.8 Å². The summed E-state index contributed by atoms with van der Waals surface area (Å²) in [5.74, 6) is 1.83. The lowest BCUT2D eigenvalue weighted by Gasteiger charge is -2.35. The van der Waals surface area contributed by atoms with Gasteiger partial charge in [-0.3, -0.25) is 14.5 Å². The van der Waals surface area contributed by atoms with Gasteiger partial charge >= 0.3 is 0 Å². The Labute approximate surface area is 224 Å². The summed E-state index contributed by atoms with van der Waals surface area (Å²) in [4.78, 5) is 29.4. The maximum Gasteiger partial charge on any atom is 0.257 e. The Morgan fingerprint density at radius 2 is 1.58 bits per heavy atom. The number of rotatable bonds is 6. The van der Waals surface area contributed by atoms with Crippen LogP contribution in [0.25, 0.3) is 6.08 Å². The lowest BCUT2D eigenvalue weighted by Crippen LogP contribution is -2.50. The van der Waals surface area contributed by atoms with Crippen molar-refractivity contribution in [3.63, 3.8) is 0 Å². The van der Waals surface area contributed by atoms with Crippen LogP contribution in [0.3, 0.4) is 0 Å². The van der Waals surface area contributed by atoms with Crippen LogP contribution in [-0.4, -0.2) is 79.3 Å². The fourth-order valence-corrected chi connectivity index (χ4v) is 5.73. The highest BCUT2D eigenvalue weighted by Crippen LogP contribution is 2.44. The fourth-order valence-electron chi connectivity index (χ4n) is 5.73. The summed E-state index contributed by atoms with van der Waals surface area (Å²) >= 11 is 0. The average Bonchev–Trinajstić information content (AvgIpc) is 3.35.